The molecule has 0 nitrogen and oxygen atoms in total. The van der Waals surface area contributed by atoms with Crippen LogP contribution in [0.3, 0.4) is 0 Å². The summed E-state index contributed by atoms with van der Waals surface area (Å²) in [5.41, 5.74) is 4.40. The second-order valence-corrected chi connectivity index (χ2v) is 3.25. The van der Waals surface area contributed by atoms with Gasteiger partial charge in [0.05, 0.1) is 0 Å². The Kier molecular flexibility index (Phi) is 4.83. The van der Waals surface area contributed by atoms with Gasteiger partial charge in [0, 0.05) is 0 Å². The molecule has 0 saturated carbocycles. The second-order valence-electron chi connectivity index (χ2n) is 3.25. The van der Waals surface area contributed by atoms with Crippen molar-refractivity contribution < 1.29 is 0 Å². The van der Waals surface area contributed by atoms with E-state index in [9.17, 15) is 0 Å². The predicted molar refractivity (Wildman–Crippen MR) is 61.7 cm³/mol. The van der Waals surface area contributed by atoms with E-state index in [4.69, 9.17) is 0 Å². The van der Waals surface area contributed by atoms with Crippen molar-refractivity contribution in [2.24, 2.45) is 0 Å². The first kappa shape index (κ1) is 11.7. The molecule has 0 heteroatoms. The lowest BCUT2D eigenvalue weighted by Gasteiger charge is -2.05. The molecule has 0 radical (unpaired) electrons. The highest BCUT2D eigenvalue weighted by Crippen LogP contribution is 2.17. The summed E-state index contributed by atoms with van der Waals surface area (Å²) in [7, 11) is 0. The molecule has 0 aromatic heterocycles. The zero-order valence-corrected chi connectivity index (χ0v) is 8.85. The van der Waals surface area contributed by atoms with Crippen molar-refractivity contribution in [3.63, 3.8) is 0 Å². The topological polar surface area (TPSA) is 0 Å². The molecule has 70 valence electrons. The molecule has 0 spiro atoms. The van der Waals surface area contributed by atoms with Crippen LogP contribution in [0.25, 0.3) is 0 Å². The first-order valence-electron chi connectivity index (χ1n) is 4.32. The van der Waals surface area contributed by atoms with E-state index in [1.54, 1.807) is 0 Å². The molecule has 0 amide bonds. The van der Waals surface area contributed by atoms with Gasteiger partial charge >= 0.3 is 0 Å². The summed E-state index contributed by atoms with van der Waals surface area (Å²) in [6.45, 7) is 17.6. The highest BCUT2D eigenvalue weighted by atomic mass is 14.0. The van der Waals surface area contributed by atoms with E-state index in [0.717, 1.165) is 16.7 Å². The lowest BCUT2D eigenvalue weighted by atomic mass is 10.0. The van der Waals surface area contributed by atoms with Crippen LogP contribution in [0.4, 0.5) is 0 Å². The van der Waals surface area contributed by atoms with E-state index in [1.165, 1.54) is 5.57 Å². The maximum absolute atomic E-state index is 3.98. The smallest absolute Gasteiger partial charge is 0.0167 e. The van der Waals surface area contributed by atoms with Crippen molar-refractivity contribution >= 4 is 0 Å². The van der Waals surface area contributed by atoms with Gasteiger partial charge < -0.3 is 0 Å². The fourth-order valence-corrected chi connectivity index (χ4v) is 1.08. The quantitative estimate of drug-likeness (QED) is 0.560. The summed E-state index contributed by atoms with van der Waals surface area (Å²) in [5, 5.41) is 0. The number of hydrogen-bond acceptors (Lipinski definition) is 0. The summed E-state index contributed by atoms with van der Waals surface area (Å²) in [6.07, 6.45) is 5.68. The summed E-state index contributed by atoms with van der Waals surface area (Å²) in [4.78, 5) is 0. The molecule has 0 fully saturated rings. The van der Waals surface area contributed by atoms with Crippen molar-refractivity contribution in [1.29, 1.82) is 0 Å². The Labute approximate surface area is 81.7 Å². The summed E-state index contributed by atoms with van der Waals surface area (Å²) in [6, 6.07) is 0. The van der Waals surface area contributed by atoms with E-state index in [-0.39, 0.29) is 0 Å². The zero-order chi connectivity index (χ0) is 10.4. The van der Waals surface area contributed by atoms with Crippen LogP contribution < -0.4 is 0 Å². The Hall–Kier alpha value is -1.30. The predicted octanol–water partition coefficient (Wildman–Crippen LogP) is 4.20. The highest BCUT2D eigenvalue weighted by molar-refractivity contribution is 5.49. The zero-order valence-electron chi connectivity index (χ0n) is 8.85. The molecular weight excluding hydrogens is 156 g/mol. The number of rotatable bonds is 4. The van der Waals surface area contributed by atoms with Crippen molar-refractivity contribution in [2.45, 2.75) is 20.8 Å². The third-order valence-corrected chi connectivity index (χ3v) is 1.74. The van der Waals surface area contributed by atoms with Crippen LogP contribution in [0.2, 0.25) is 0 Å². The molecule has 0 aliphatic heterocycles. The van der Waals surface area contributed by atoms with Crippen LogP contribution in [-0.4, -0.2) is 0 Å². The van der Waals surface area contributed by atoms with Crippen molar-refractivity contribution in [1.82, 2.24) is 0 Å². The third-order valence-electron chi connectivity index (χ3n) is 1.74. The van der Waals surface area contributed by atoms with E-state index in [2.05, 4.69) is 33.6 Å². The van der Waals surface area contributed by atoms with E-state index in [1.807, 2.05) is 25.2 Å². The largest absolute Gasteiger partial charge is 0.0988 e. The van der Waals surface area contributed by atoms with Crippen LogP contribution in [0.15, 0.2) is 60.3 Å². The average Bonchev–Trinajstić information content (AvgIpc) is 2.03. The van der Waals surface area contributed by atoms with Crippen molar-refractivity contribution in [3.8, 4) is 0 Å². The fraction of sp³-hybridized carbons (Fsp3) is 0.231. The average molecular weight is 174 g/mol. The monoisotopic (exact) mass is 174 g/mol. The molecule has 0 rings (SSSR count). The summed E-state index contributed by atoms with van der Waals surface area (Å²) in [5.74, 6) is 0. The van der Waals surface area contributed by atoms with Gasteiger partial charge in [0.25, 0.3) is 0 Å². The van der Waals surface area contributed by atoms with Gasteiger partial charge in [-0.25, -0.2) is 0 Å². The SMILES string of the molecule is C=C/C(C)=C(\C=C)C(=C)C=C(C)C. The maximum atomic E-state index is 3.98. The van der Waals surface area contributed by atoms with Gasteiger partial charge in [-0.05, 0) is 37.5 Å². The maximum Gasteiger partial charge on any atom is -0.0167 e. The molecule has 0 aliphatic rings. The van der Waals surface area contributed by atoms with Gasteiger partial charge in [0.1, 0.15) is 0 Å². The van der Waals surface area contributed by atoms with E-state index >= 15 is 0 Å². The normalized spacial score (nSPS) is 11.3. The second kappa shape index (κ2) is 5.36. The molecule has 0 saturated heterocycles. The standard InChI is InChI=1S/C13H18/c1-7-11(5)13(8-2)12(6)9-10(3)4/h7-9H,1-2,6H2,3-5H3/b13-11+. The van der Waals surface area contributed by atoms with Crippen LogP contribution in [0.5, 0.6) is 0 Å². The van der Waals surface area contributed by atoms with Gasteiger partial charge in [0.2, 0.25) is 0 Å². The molecule has 0 N–H and O–H groups in total. The van der Waals surface area contributed by atoms with Gasteiger partial charge in [0.15, 0.2) is 0 Å². The Bertz CT molecular complexity index is 281. The molecular formula is C13H18. The Morgan fingerprint density at radius 1 is 1.00 bits per heavy atom. The molecule has 0 heterocycles. The van der Waals surface area contributed by atoms with Crippen LogP contribution in [0, 0.1) is 0 Å². The lowest BCUT2D eigenvalue weighted by molar-refractivity contribution is 1.35. The number of allylic oxidation sites excluding steroid dienone is 7. The molecule has 0 aliphatic carbocycles. The fourth-order valence-electron chi connectivity index (χ4n) is 1.08. The van der Waals surface area contributed by atoms with E-state index in [0.29, 0.717) is 0 Å². The molecule has 0 unspecified atom stereocenters. The summed E-state index contributed by atoms with van der Waals surface area (Å²) < 4.78 is 0. The Morgan fingerprint density at radius 3 is 1.85 bits per heavy atom. The molecule has 0 bridgehead atoms. The van der Waals surface area contributed by atoms with Gasteiger partial charge in [-0.15, -0.1) is 0 Å². The van der Waals surface area contributed by atoms with Crippen LogP contribution >= 0.6 is 0 Å². The van der Waals surface area contributed by atoms with Crippen molar-refractivity contribution in [3.05, 3.63) is 60.3 Å². The Balaban J connectivity index is 5.03. The van der Waals surface area contributed by atoms with Gasteiger partial charge in [-0.3, -0.25) is 0 Å². The van der Waals surface area contributed by atoms with Crippen LogP contribution in [0.1, 0.15) is 20.8 Å². The lowest BCUT2D eigenvalue weighted by Crippen LogP contribution is -1.85. The molecule has 13 heavy (non-hydrogen) atoms. The minimum atomic E-state index is 0.993. The van der Waals surface area contributed by atoms with E-state index < -0.39 is 0 Å². The molecule has 0 aromatic carbocycles. The highest BCUT2D eigenvalue weighted by Gasteiger charge is 1.98. The Morgan fingerprint density at radius 2 is 1.54 bits per heavy atom. The first-order chi connectivity index (χ1) is 6.02. The minimum Gasteiger partial charge on any atom is -0.0988 e. The van der Waals surface area contributed by atoms with Gasteiger partial charge in [-0.1, -0.05) is 43.5 Å². The van der Waals surface area contributed by atoms with Crippen LogP contribution in [-0.2, 0) is 0 Å². The molecule has 0 aromatic rings. The van der Waals surface area contributed by atoms with Crippen molar-refractivity contribution in [2.75, 3.05) is 0 Å². The molecule has 0 atom stereocenters. The number of hydrogen-bond donors (Lipinski definition) is 0. The third kappa shape index (κ3) is 3.75. The minimum absolute atomic E-state index is 0.993. The first-order valence-corrected chi connectivity index (χ1v) is 4.32. The van der Waals surface area contributed by atoms with Gasteiger partial charge in [-0.2, -0.15) is 0 Å². The summed E-state index contributed by atoms with van der Waals surface area (Å²) >= 11 is 0.